The van der Waals surface area contributed by atoms with E-state index < -0.39 is 16.1 Å². The molecule has 3 aromatic rings. The Hall–Kier alpha value is -3.39. The van der Waals surface area contributed by atoms with Crippen LogP contribution < -0.4 is 9.62 Å². The van der Waals surface area contributed by atoms with E-state index in [0.717, 1.165) is 21.9 Å². The maximum atomic E-state index is 13.5. The normalized spacial score (nSPS) is 14.7. The van der Waals surface area contributed by atoms with Crippen LogP contribution in [0.25, 0.3) is 10.8 Å². The van der Waals surface area contributed by atoms with Gasteiger partial charge in [-0.3, -0.25) is 13.9 Å². The van der Waals surface area contributed by atoms with E-state index in [1.165, 1.54) is 4.31 Å². The highest BCUT2D eigenvalue weighted by Crippen LogP contribution is 2.42. The van der Waals surface area contributed by atoms with Crippen LogP contribution in [0.4, 0.5) is 5.69 Å². The Morgan fingerprint density at radius 3 is 2.41 bits per heavy atom. The van der Waals surface area contributed by atoms with Crippen molar-refractivity contribution in [3.05, 3.63) is 71.8 Å². The van der Waals surface area contributed by atoms with Gasteiger partial charge in [0.15, 0.2) is 0 Å². The number of amides is 2. The van der Waals surface area contributed by atoms with E-state index in [1.54, 1.807) is 17.0 Å². The van der Waals surface area contributed by atoms with E-state index in [1.807, 2.05) is 76.2 Å². The van der Waals surface area contributed by atoms with Gasteiger partial charge in [-0.1, -0.05) is 61.0 Å². The van der Waals surface area contributed by atoms with Crippen molar-refractivity contribution in [1.29, 1.82) is 0 Å². The summed E-state index contributed by atoms with van der Waals surface area (Å²) in [6.07, 6.45) is 0.957. The van der Waals surface area contributed by atoms with Crippen molar-refractivity contribution in [2.45, 2.75) is 70.5 Å². The van der Waals surface area contributed by atoms with E-state index in [4.69, 9.17) is 0 Å². The van der Waals surface area contributed by atoms with Gasteiger partial charge in [0.2, 0.25) is 11.8 Å². The fraction of sp³-hybridized carbons (Fsp3) is 0.379. The number of hydrogen-bond acceptors (Lipinski definition) is 4. The third-order valence-corrected chi connectivity index (χ3v) is 8.54. The zero-order valence-electron chi connectivity index (χ0n) is 21.9. The van der Waals surface area contributed by atoms with E-state index in [0.29, 0.717) is 30.0 Å². The first-order chi connectivity index (χ1) is 17.6. The Bertz CT molecular complexity index is 1410. The molecule has 37 heavy (non-hydrogen) atoms. The molecule has 0 radical (unpaired) electrons. The van der Waals surface area contributed by atoms with Gasteiger partial charge < -0.3 is 10.2 Å². The van der Waals surface area contributed by atoms with Crippen LogP contribution in [-0.4, -0.2) is 43.8 Å². The topological polar surface area (TPSA) is 86.8 Å². The molecular weight excluding hydrogens is 486 g/mol. The molecule has 0 spiro atoms. The second-order valence-electron chi connectivity index (χ2n) is 9.91. The monoisotopic (exact) mass is 521 g/mol. The van der Waals surface area contributed by atoms with Crippen LogP contribution in [0.5, 0.6) is 0 Å². The van der Waals surface area contributed by atoms with Gasteiger partial charge in [-0.25, -0.2) is 8.42 Å². The van der Waals surface area contributed by atoms with Crippen LogP contribution >= 0.6 is 0 Å². The van der Waals surface area contributed by atoms with Crippen molar-refractivity contribution in [3.8, 4) is 0 Å². The Balaban J connectivity index is 1.52. The predicted octanol–water partition coefficient (Wildman–Crippen LogP) is 4.77. The molecule has 3 aromatic carbocycles. The van der Waals surface area contributed by atoms with Gasteiger partial charge in [0.05, 0.1) is 10.6 Å². The van der Waals surface area contributed by atoms with Gasteiger partial charge in [0, 0.05) is 30.9 Å². The first-order valence-electron chi connectivity index (χ1n) is 12.8. The first kappa shape index (κ1) is 26.7. The molecule has 8 heteroatoms. The number of nitrogens with zero attached hydrogens (tertiary/aromatic N) is 2. The quantitative estimate of drug-likeness (QED) is 0.416. The minimum atomic E-state index is -3.67. The highest BCUT2D eigenvalue weighted by atomic mass is 32.2. The number of carbonyl (C=O) groups excluding carboxylic acids is 2. The summed E-state index contributed by atoms with van der Waals surface area (Å²) in [6.45, 7) is 8.19. The molecular formula is C29H35N3O4S. The summed E-state index contributed by atoms with van der Waals surface area (Å²) in [6, 6.07) is 18.1. The fourth-order valence-corrected chi connectivity index (χ4v) is 6.77. The average molecular weight is 522 g/mol. The summed E-state index contributed by atoms with van der Waals surface area (Å²) in [5.41, 5.74) is 2.69. The van der Waals surface area contributed by atoms with Gasteiger partial charge in [-0.2, -0.15) is 0 Å². The SMILES string of the molecule is CC[C@@H](C(=O)NC(C)C)N(Cc1cccc(C)c1)C(=O)CCCN1c2cccc3cccc(c23)S1(=O)=O. The molecule has 1 atom stereocenters. The highest BCUT2D eigenvalue weighted by Gasteiger charge is 2.35. The molecule has 0 aromatic heterocycles. The van der Waals surface area contributed by atoms with E-state index >= 15 is 0 Å². The Morgan fingerprint density at radius 2 is 1.73 bits per heavy atom. The summed E-state index contributed by atoms with van der Waals surface area (Å²) >= 11 is 0. The van der Waals surface area contributed by atoms with Crippen LogP contribution in [-0.2, 0) is 26.2 Å². The molecule has 0 bridgehead atoms. The second kappa shape index (κ2) is 10.9. The van der Waals surface area contributed by atoms with Crippen molar-refractivity contribution in [2.24, 2.45) is 0 Å². The molecule has 4 rings (SSSR count). The van der Waals surface area contributed by atoms with Crippen LogP contribution in [0.15, 0.2) is 65.6 Å². The molecule has 1 aliphatic rings. The van der Waals surface area contributed by atoms with Crippen LogP contribution in [0.3, 0.4) is 0 Å². The summed E-state index contributed by atoms with van der Waals surface area (Å²) in [5.74, 6) is -0.345. The van der Waals surface area contributed by atoms with Crippen LogP contribution in [0.2, 0.25) is 0 Å². The summed E-state index contributed by atoms with van der Waals surface area (Å²) in [4.78, 5) is 28.5. The molecule has 2 amide bonds. The molecule has 196 valence electrons. The van der Waals surface area contributed by atoms with E-state index in [9.17, 15) is 18.0 Å². The first-order valence-corrected chi connectivity index (χ1v) is 14.3. The smallest absolute Gasteiger partial charge is 0.265 e. The molecule has 0 saturated heterocycles. The van der Waals surface area contributed by atoms with E-state index in [-0.39, 0.29) is 30.8 Å². The number of anilines is 1. The maximum absolute atomic E-state index is 13.5. The van der Waals surface area contributed by atoms with Crippen molar-refractivity contribution in [2.75, 3.05) is 10.8 Å². The molecule has 0 fully saturated rings. The predicted molar refractivity (Wildman–Crippen MR) is 147 cm³/mol. The van der Waals surface area contributed by atoms with Gasteiger partial charge in [0.25, 0.3) is 10.0 Å². The number of carbonyl (C=O) groups is 2. The minimum absolute atomic E-state index is 0.0396. The Labute approximate surface area is 219 Å². The zero-order chi connectivity index (χ0) is 26.7. The summed E-state index contributed by atoms with van der Waals surface area (Å²) < 4.78 is 28.0. The highest BCUT2D eigenvalue weighted by molar-refractivity contribution is 7.93. The molecule has 0 saturated carbocycles. The lowest BCUT2D eigenvalue weighted by Crippen LogP contribution is -2.50. The van der Waals surface area contributed by atoms with Gasteiger partial charge in [-0.05, 0) is 56.7 Å². The van der Waals surface area contributed by atoms with Gasteiger partial charge in [-0.15, -0.1) is 0 Å². The second-order valence-corrected chi connectivity index (χ2v) is 11.7. The number of benzene rings is 3. The minimum Gasteiger partial charge on any atom is -0.352 e. The number of sulfonamides is 1. The summed E-state index contributed by atoms with van der Waals surface area (Å²) in [5, 5.41) is 4.55. The summed E-state index contributed by atoms with van der Waals surface area (Å²) in [7, 11) is -3.67. The lowest BCUT2D eigenvalue weighted by molar-refractivity contribution is -0.141. The van der Waals surface area contributed by atoms with Gasteiger partial charge in [0.1, 0.15) is 6.04 Å². The van der Waals surface area contributed by atoms with Crippen LogP contribution in [0, 0.1) is 6.92 Å². The fourth-order valence-electron chi connectivity index (χ4n) is 5.02. The number of rotatable bonds is 10. The largest absolute Gasteiger partial charge is 0.352 e. The molecule has 0 aliphatic carbocycles. The van der Waals surface area contributed by atoms with Crippen molar-refractivity contribution >= 4 is 38.3 Å². The Morgan fingerprint density at radius 1 is 1.03 bits per heavy atom. The molecule has 7 nitrogen and oxygen atoms in total. The molecule has 1 aliphatic heterocycles. The lowest BCUT2D eigenvalue weighted by atomic mass is 10.1. The molecule has 0 unspecified atom stereocenters. The van der Waals surface area contributed by atoms with Gasteiger partial charge >= 0.3 is 0 Å². The standard InChI is InChI=1S/C29H35N3O4S/c1-5-24(29(34)30-20(2)3)31(19-22-11-6-10-21(4)18-22)27(33)16-9-17-32-25-14-7-12-23-13-8-15-26(28(23)25)37(32,35)36/h6-8,10-15,18,20,24H,5,9,16-17,19H2,1-4H3,(H,30,34)/t24-/m0/s1. The van der Waals surface area contributed by atoms with Crippen molar-refractivity contribution in [1.82, 2.24) is 10.2 Å². The number of hydrogen-bond donors (Lipinski definition) is 1. The number of nitrogens with one attached hydrogen (secondary N) is 1. The zero-order valence-corrected chi connectivity index (χ0v) is 22.7. The third-order valence-electron chi connectivity index (χ3n) is 6.69. The molecule has 1 heterocycles. The molecule has 1 N–H and O–H groups in total. The lowest BCUT2D eigenvalue weighted by Gasteiger charge is -2.31. The van der Waals surface area contributed by atoms with E-state index in [2.05, 4.69) is 5.32 Å². The van der Waals surface area contributed by atoms with Crippen molar-refractivity contribution in [3.63, 3.8) is 0 Å². The van der Waals surface area contributed by atoms with Crippen LogP contribution in [0.1, 0.15) is 51.2 Å². The number of aryl methyl sites for hydroxylation is 1. The third kappa shape index (κ3) is 5.49. The Kier molecular flexibility index (Phi) is 7.87. The van der Waals surface area contributed by atoms with Crippen molar-refractivity contribution < 1.29 is 18.0 Å². The average Bonchev–Trinajstić information content (AvgIpc) is 3.06. The maximum Gasteiger partial charge on any atom is 0.265 e.